The van der Waals surface area contributed by atoms with Crippen molar-refractivity contribution in [1.29, 1.82) is 0 Å². The van der Waals surface area contributed by atoms with Gasteiger partial charge in [0.05, 0.1) is 11.3 Å². The van der Waals surface area contributed by atoms with Crippen LogP contribution in [-0.2, 0) is 11.2 Å². The molecule has 25 heavy (non-hydrogen) atoms. The minimum atomic E-state index is -0.619. The molecule has 2 aromatic carbocycles. The van der Waals surface area contributed by atoms with Crippen LogP contribution in [0.2, 0.25) is 5.02 Å². The molecular weight excluding hydrogens is 340 g/mol. The second kappa shape index (κ2) is 7.57. The molecule has 130 valence electrons. The van der Waals surface area contributed by atoms with Gasteiger partial charge in [0.2, 0.25) is 0 Å². The molecule has 0 spiro atoms. The third-order valence-electron chi connectivity index (χ3n) is 4.02. The normalized spacial score (nSPS) is 15.8. The van der Waals surface area contributed by atoms with Crippen molar-refractivity contribution in [1.82, 2.24) is 5.32 Å². The summed E-state index contributed by atoms with van der Waals surface area (Å²) in [6, 6.07) is 12.8. The average Bonchev–Trinajstić information content (AvgIpc) is 2.60. The predicted molar refractivity (Wildman–Crippen MR) is 97.3 cm³/mol. The first kappa shape index (κ1) is 17.3. The molecule has 1 aliphatic rings. The van der Waals surface area contributed by atoms with E-state index in [0.29, 0.717) is 28.6 Å². The van der Waals surface area contributed by atoms with Crippen molar-refractivity contribution in [2.24, 2.45) is 0 Å². The van der Waals surface area contributed by atoms with E-state index in [1.807, 2.05) is 24.3 Å². The van der Waals surface area contributed by atoms with Gasteiger partial charge in [-0.05, 0) is 49.6 Å². The standard InChI is InChI=1S/C19H19ClN2O3/c1-12-18(23)22-16-6-2-5-15(17(16)25-12)19(24)21-11-3-4-13-7-9-14(20)10-8-13/h2,5-10,12H,3-4,11H2,1H3,(H,21,24)(H,22,23). The number of benzene rings is 2. The minimum Gasteiger partial charge on any atom is -0.478 e. The summed E-state index contributed by atoms with van der Waals surface area (Å²) in [5.74, 6) is -0.00544. The van der Waals surface area contributed by atoms with E-state index in [1.165, 1.54) is 5.56 Å². The molecule has 0 bridgehead atoms. The van der Waals surface area contributed by atoms with Gasteiger partial charge in [-0.15, -0.1) is 0 Å². The number of carbonyl (C=O) groups is 2. The molecule has 2 amide bonds. The van der Waals surface area contributed by atoms with E-state index >= 15 is 0 Å². The molecule has 1 heterocycles. The van der Waals surface area contributed by atoms with Crippen molar-refractivity contribution in [3.8, 4) is 5.75 Å². The molecule has 1 atom stereocenters. The highest BCUT2D eigenvalue weighted by atomic mass is 35.5. The maximum Gasteiger partial charge on any atom is 0.265 e. The van der Waals surface area contributed by atoms with Crippen LogP contribution >= 0.6 is 11.6 Å². The van der Waals surface area contributed by atoms with Crippen molar-refractivity contribution >= 4 is 29.1 Å². The van der Waals surface area contributed by atoms with Gasteiger partial charge >= 0.3 is 0 Å². The number of hydrogen-bond donors (Lipinski definition) is 2. The Hall–Kier alpha value is -2.53. The smallest absolute Gasteiger partial charge is 0.265 e. The van der Waals surface area contributed by atoms with Gasteiger partial charge in [-0.25, -0.2) is 0 Å². The van der Waals surface area contributed by atoms with E-state index < -0.39 is 6.10 Å². The Morgan fingerprint density at radius 1 is 1.24 bits per heavy atom. The lowest BCUT2D eigenvalue weighted by atomic mass is 10.1. The molecule has 5 nitrogen and oxygen atoms in total. The van der Waals surface area contributed by atoms with Gasteiger partial charge in [-0.1, -0.05) is 29.8 Å². The molecule has 2 N–H and O–H groups in total. The van der Waals surface area contributed by atoms with Crippen LogP contribution in [0.5, 0.6) is 5.75 Å². The quantitative estimate of drug-likeness (QED) is 0.805. The van der Waals surface area contributed by atoms with Gasteiger partial charge in [0.25, 0.3) is 11.8 Å². The van der Waals surface area contributed by atoms with E-state index in [4.69, 9.17) is 16.3 Å². The Balaban J connectivity index is 1.58. The minimum absolute atomic E-state index is 0.212. The molecule has 0 saturated heterocycles. The monoisotopic (exact) mass is 358 g/mol. The van der Waals surface area contributed by atoms with Crippen LogP contribution in [0.4, 0.5) is 5.69 Å². The molecular formula is C19H19ClN2O3. The number of ether oxygens (including phenoxy) is 1. The summed E-state index contributed by atoms with van der Waals surface area (Å²) in [6.45, 7) is 2.20. The number of amides is 2. The summed E-state index contributed by atoms with van der Waals surface area (Å²) in [5.41, 5.74) is 2.13. The third-order valence-corrected chi connectivity index (χ3v) is 4.27. The first-order valence-electron chi connectivity index (χ1n) is 8.18. The Morgan fingerprint density at radius 3 is 2.76 bits per heavy atom. The van der Waals surface area contributed by atoms with E-state index in [1.54, 1.807) is 25.1 Å². The van der Waals surface area contributed by atoms with Gasteiger partial charge in [0.15, 0.2) is 11.9 Å². The zero-order valence-corrected chi connectivity index (χ0v) is 14.6. The van der Waals surface area contributed by atoms with E-state index in [2.05, 4.69) is 10.6 Å². The average molecular weight is 359 g/mol. The lowest BCUT2D eigenvalue weighted by Gasteiger charge is -2.25. The number of halogens is 1. The fourth-order valence-corrected chi connectivity index (χ4v) is 2.77. The van der Waals surface area contributed by atoms with Gasteiger partial charge in [-0.3, -0.25) is 9.59 Å². The number of nitrogens with one attached hydrogen (secondary N) is 2. The summed E-state index contributed by atoms with van der Waals surface area (Å²) in [6.07, 6.45) is 1.05. The molecule has 6 heteroatoms. The number of rotatable bonds is 5. The number of aryl methyl sites for hydroxylation is 1. The molecule has 1 aliphatic heterocycles. The highest BCUT2D eigenvalue weighted by molar-refractivity contribution is 6.30. The first-order valence-corrected chi connectivity index (χ1v) is 8.55. The fraction of sp³-hybridized carbons (Fsp3) is 0.263. The van der Waals surface area contributed by atoms with Crippen LogP contribution in [0.15, 0.2) is 42.5 Å². The molecule has 1 unspecified atom stereocenters. The van der Waals surface area contributed by atoms with Gasteiger partial charge in [0, 0.05) is 11.6 Å². The Bertz CT molecular complexity index is 790. The summed E-state index contributed by atoms with van der Waals surface area (Å²) < 4.78 is 5.60. The van der Waals surface area contributed by atoms with Gasteiger partial charge in [0.1, 0.15) is 0 Å². The molecule has 0 fully saturated rings. The second-order valence-corrected chi connectivity index (χ2v) is 6.35. The SMILES string of the molecule is CC1Oc2c(cccc2C(=O)NCCCc2ccc(Cl)cc2)NC1=O. The Kier molecular flexibility index (Phi) is 5.24. The predicted octanol–water partition coefficient (Wildman–Crippen LogP) is 3.42. The first-order chi connectivity index (χ1) is 12.0. The van der Waals surface area contributed by atoms with E-state index in [0.717, 1.165) is 12.8 Å². The van der Waals surface area contributed by atoms with Crippen molar-refractivity contribution in [3.05, 3.63) is 58.6 Å². The summed E-state index contributed by atoms with van der Waals surface area (Å²) in [5, 5.41) is 6.36. The summed E-state index contributed by atoms with van der Waals surface area (Å²) in [7, 11) is 0. The molecule has 2 aromatic rings. The second-order valence-electron chi connectivity index (χ2n) is 5.92. The maximum absolute atomic E-state index is 12.4. The topological polar surface area (TPSA) is 67.4 Å². The van der Waals surface area contributed by atoms with Crippen LogP contribution in [0.3, 0.4) is 0 Å². The van der Waals surface area contributed by atoms with Crippen LogP contribution in [0, 0.1) is 0 Å². The largest absolute Gasteiger partial charge is 0.478 e. The van der Waals surface area contributed by atoms with Gasteiger partial charge < -0.3 is 15.4 Å². The van der Waals surface area contributed by atoms with E-state index in [-0.39, 0.29) is 11.8 Å². The summed E-state index contributed by atoms with van der Waals surface area (Å²) >= 11 is 5.86. The number of hydrogen-bond acceptors (Lipinski definition) is 3. The third kappa shape index (κ3) is 4.12. The van der Waals surface area contributed by atoms with Crippen molar-refractivity contribution < 1.29 is 14.3 Å². The molecule has 0 aromatic heterocycles. The molecule has 3 rings (SSSR count). The van der Waals surface area contributed by atoms with Crippen LogP contribution in [-0.4, -0.2) is 24.5 Å². The van der Waals surface area contributed by atoms with Crippen molar-refractivity contribution in [2.75, 3.05) is 11.9 Å². The van der Waals surface area contributed by atoms with Crippen LogP contribution < -0.4 is 15.4 Å². The van der Waals surface area contributed by atoms with Crippen molar-refractivity contribution in [3.63, 3.8) is 0 Å². The van der Waals surface area contributed by atoms with E-state index in [9.17, 15) is 9.59 Å². The highest BCUT2D eigenvalue weighted by Crippen LogP contribution is 2.33. The van der Waals surface area contributed by atoms with Crippen molar-refractivity contribution in [2.45, 2.75) is 25.9 Å². The fourth-order valence-electron chi connectivity index (χ4n) is 2.65. The van der Waals surface area contributed by atoms with Crippen LogP contribution in [0.1, 0.15) is 29.3 Å². The van der Waals surface area contributed by atoms with Gasteiger partial charge in [-0.2, -0.15) is 0 Å². The molecule has 0 aliphatic carbocycles. The van der Waals surface area contributed by atoms with Crippen LogP contribution in [0.25, 0.3) is 0 Å². The number of carbonyl (C=O) groups excluding carboxylic acids is 2. The zero-order valence-electron chi connectivity index (χ0n) is 13.8. The lowest BCUT2D eigenvalue weighted by molar-refractivity contribution is -0.122. The Morgan fingerprint density at radius 2 is 2.00 bits per heavy atom. The number of para-hydroxylation sites is 1. The Labute approximate surface area is 151 Å². The lowest BCUT2D eigenvalue weighted by Crippen LogP contribution is -2.36. The molecule has 0 saturated carbocycles. The highest BCUT2D eigenvalue weighted by Gasteiger charge is 2.27. The number of fused-ring (bicyclic) bond motifs is 1. The molecule has 0 radical (unpaired) electrons. The maximum atomic E-state index is 12.4. The zero-order chi connectivity index (χ0) is 17.8. The number of anilines is 1. The summed E-state index contributed by atoms with van der Waals surface area (Å²) in [4.78, 5) is 24.1.